The Morgan fingerprint density at radius 1 is 0.967 bits per heavy atom. The molecule has 0 saturated heterocycles. The summed E-state index contributed by atoms with van der Waals surface area (Å²) in [5, 5.41) is 10.7. The van der Waals surface area contributed by atoms with Crippen molar-refractivity contribution < 1.29 is 24.0 Å². The first kappa shape index (κ1) is 23.8. The molecule has 30 heavy (non-hydrogen) atoms. The van der Waals surface area contributed by atoms with Crippen LogP contribution in [-0.2, 0) is 14.3 Å². The Hall–Kier alpha value is -2.44. The molecule has 0 N–H and O–H groups in total. The molecule has 0 amide bonds. The normalized spacial score (nSPS) is 18.6. The van der Waals surface area contributed by atoms with Gasteiger partial charge in [0.2, 0.25) is 0 Å². The first-order valence-corrected chi connectivity index (χ1v) is 11.1. The number of nitro benzene ring substituents is 1. The maximum absolute atomic E-state index is 12.3. The minimum Gasteiger partial charge on any atom is -0.462 e. The van der Waals surface area contributed by atoms with Crippen LogP contribution in [0.25, 0.3) is 0 Å². The molecule has 7 heteroatoms. The predicted molar refractivity (Wildman–Crippen MR) is 113 cm³/mol. The van der Waals surface area contributed by atoms with Crippen molar-refractivity contribution >= 4 is 17.6 Å². The molecule has 7 nitrogen and oxygen atoms in total. The van der Waals surface area contributed by atoms with Crippen LogP contribution in [0.2, 0.25) is 0 Å². The molecule has 0 spiro atoms. The third kappa shape index (κ3) is 8.51. The highest BCUT2D eigenvalue weighted by atomic mass is 16.6. The van der Waals surface area contributed by atoms with Crippen molar-refractivity contribution in [1.29, 1.82) is 0 Å². The number of carbonyl (C=O) groups excluding carboxylic acids is 2. The third-order valence-corrected chi connectivity index (χ3v) is 5.56. The number of nitrogens with zero attached hydrogens (tertiary/aromatic N) is 1. The Morgan fingerprint density at radius 2 is 1.57 bits per heavy atom. The highest BCUT2D eigenvalue weighted by Crippen LogP contribution is 2.28. The number of nitro groups is 1. The highest BCUT2D eigenvalue weighted by Gasteiger charge is 2.29. The molecule has 2 rings (SSSR count). The van der Waals surface area contributed by atoms with Crippen LogP contribution in [0.15, 0.2) is 24.3 Å². The van der Waals surface area contributed by atoms with Crippen molar-refractivity contribution in [3.8, 4) is 5.75 Å². The van der Waals surface area contributed by atoms with Crippen LogP contribution in [-0.4, -0.2) is 23.0 Å². The Morgan fingerprint density at radius 3 is 2.17 bits per heavy atom. The average Bonchev–Trinajstić information content (AvgIpc) is 2.74. The van der Waals surface area contributed by atoms with Gasteiger partial charge in [-0.2, -0.15) is 0 Å². The van der Waals surface area contributed by atoms with Crippen LogP contribution in [0.3, 0.4) is 0 Å². The number of hydrogen-bond acceptors (Lipinski definition) is 6. The molecular weight excluding hydrogens is 386 g/mol. The number of rotatable bonds is 12. The van der Waals surface area contributed by atoms with E-state index in [0.717, 1.165) is 12.8 Å². The van der Waals surface area contributed by atoms with Gasteiger partial charge in [0.25, 0.3) is 5.69 Å². The summed E-state index contributed by atoms with van der Waals surface area (Å²) < 4.78 is 10.9. The van der Waals surface area contributed by atoms with Gasteiger partial charge in [-0.05, 0) is 44.2 Å². The van der Waals surface area contributed by atoms with E-state index >= 15 is 0 Å². The van der Waals surface area contributed by atoms with Gasteiger partial charge in [0, 0.05) is 18.6 Å². The molecule has 0 radical (unpaired) electrons. The van der Waals surface area contributed by atoms with E-state index in [-0.39, 0.29) is 29.6 Å². The fourth-order valence-electron chi connectivity index (χ4n) is 3.72. The molecule has 1 fully saturated rings. The van der Waals surface area contributed by atoms with Gasteiger partial charge in [-0.1, -0.05) is 45.4 Å². The molecular formula is C23H33NO6. The molecule has 0 aromatic heterocycles. The number of esters is 2. The Labute approximate surface area is 178 Å². The summed E-state index contributed by atoms with van der Waals surface area (Å²) in [4.78, 5) is 34.5. The van der Waals surface area contributed by atoms with Gasteiger partial charge >= 0.3 is 11.9 Å². The second kappa shape index (κ2) is 13.0. The van der Waals surface area contributed by atoms with Crippen molar-refractivity contribution in [2.45, 2.75) is 90.1 Å². The summed E-state index contributed by atoms with van der Waals surface area (Å²) in [6.45, 7) is 2.20. The number of non-ortho nitro benzene ring substituents is 1. The van der Waals surface area contributed by atoms with E-state index < -0.39 is 4.92 Å². The second-order valence-corrected chi connectivity index (χ2v) is 8.01. The highest BCUT2D eigenvalue weighted by molar-refractivity contribution is 5.75. The monoisotopic (exact) mass is 419 g/mol. The Bertz CT molecular complexity index is 679. The summed E-state index contributed by atoms with van der Waals surface area (Å²) >= 11 is 0. The maximum atomic E-state index is 12.3. The zero-order valence-electron chi connectivity index (χ0n) is 17.8. The average molecular weight is 420 g/mol. The molecule has 0 aliphatic heterocycles. The molecule has 0 atom stereocenters. The number of hydrogen-bond donors (Lipinski definition) is 0. The van der Waals surface area contributed by atoms with Gasteiger partial charge in [0.15, 0.2) is 0 Å². The first-order valence-electron chi connectivity index (χ1n) is 11.1. The van der Waals surface area contributed by atoms with Crippen LogP contribution < -0.4 is 4.74 Å². The standard InChI is InChI=1S/C23H33NO6/c1-2-3-4-5-6-7-8-9-22(25)29-20-14-10-18(11-15-20)23(26)30-21-16-12-19(13-17-21)24(27)28/h12-13,16-18,20H,2-11,14-15H2,1H3/t18-,20-. The van der Waals surface area contributed by atoms with Crippen LogP contribution in [0.5, 0.6) is 5.75 Å². The molecule has 166 valence electrons. The lowest BCUT2D eigenvalue weighted by Gasteiger charge is -2.27. The van der Waals surface area contributed by atoms with Crippen molar-refractivity contribution in [2.24, 2.45) is 5.92 Å². The first-order chi connectivity index (χ1) is 14.5. The maximum Gasteiger partial charge on any atom is 0.314 e. The fraction of sp³-hybridized carbons (Fsp3) is 0.652. The number of carbonyl (C=O) groups is 2. The van der Waals surface area contributed by atoms with Crippen molar-refractivity contribution in [1.82, 2.24) is 0 Å². The SMILES string of the molecule is CCCCCCCCCC(=O)O[C@H]1CC[C@H](C(=O)Oc2ccc([N+](=O)[O-])cc2)CC1. The zero-order valence-corrected chi connectivity index (χ0v) is 17.8. The van der Waals surface area contributed by atoms with E-state index in [0.29, 0.717) is 37.9 Å². The van der Waals surface area contributed by atoms with Crippen molar-refractivity contribution in [2.75, 3.05) is 0 Å². The summed E-state index contributed by atoms with van der Waals surface area (Å²) in [7, 11) is 0. The van der Waals surface area contributed by atoms with E-state index in [1.54, 1.807) is 0 Å². The third-order valence-electron chi connectivity index (χ3n) is 5.56. The van der Waals surface area contributed by atoms with Crippen molar-refractivity contribution in [3.63, 3.8) is 0 Å². The van der Waals surface area contributed by atoms with E-state index in [9.17, 15) is 19.7 Å². The number of benzene rings is 1. The van der Waals surface area contributed by atoms with Gasteiger partial charge in [-0.3, -0.25) is 19.7 Å². The van der Waals surface area contributed by atoms with E-state index in [2.05, 4.69) is 6.92 Å². The van der Waals surface area contributed by atoms with Gasteiger partial charge in [-0.15, -0.1) is 0 Å². The molecule has 0 heterocycles. The molecule has 1 aliphatic rings. The van der Waals surface area contributed by atoms with Crippen LogP contribution in [0, 0.1) is 16.0 Å². The molecule has 1 saturated carbocycles. The molecule has 1 aromatic carbocycles. The van der Waals surface area contributed by atoms with Gasteiger partial charge in [0.05, 0.1) is 10.8 Å². The second-order valence-electron chi connectivity index (χ2n) is 8.01. The summed E-state index contributed by atoms with van der Waals surface area (Å²) in [6.07, 6.45) is 11.0. The molecule has 0 bridgehead atoms. The predicted octanol–water partition coefficient (Wildman–Crippen LogP) is 5.74. The van der Waals surface area contributed by atoms with E-state index in [1.807, 2.05) is 0 Å². The van der Waals surface area contributed by atoms with Crippen LogP contribution in [0.1, 0.15) is 84.0 Å². The fourth-order valence-corrected chi connectivity index (χ4v) is 3.72. The summed E-state index contributed by atoms with van der Waals surface area (Å²) in [6, 6.07) is 5.47. The smallest absolute Gasteiger partial charge is 0.314 e. The number of ether oxygens (including phenoxy) is 2. The summed E-state index contributed by atoms with van der Waals surface area (Å²) in [5.74, 6) is -0.413. The Kier molecular flexibility index (Phi) is 10.3. The van der Waals surface area contributed by atoms with Gasteiger partial charge in [0.1, 0.15) is 11.9 Å². The van der Waals surface area contributed by atoms with Crippen LogP contribution >= 0.6 is 0 Å². The van der Waals surface area contributed by atoms with E-state index in [4.69, 9.17) is 9.47 Å². The summed E-state index contributed by atoms with van der Waals surface area (Å²) in [5.41, 5.74) is -0.0476. The minimum absolute atomic E-state index is 0.0476. The minimum atomic E-state index is -0.498. The van der Waals surface area contributed by atoms with Crippen LogP contribution in [0.4, 0.5) is 5.69 Å². The van der Waals surface area contributed by atoms with E-state index in [1.165, 1.54) is 56.4 Å². The topological polar surface area (TPSA) is 95.7 Å². The lowest BCUT2D eigenvalue weighted by molar-refractivity contribution is -0.384. The lowest BCUT2D eigenvalue weighted by Crippen LogP contribution is -2.30. The van der Waals surface area contributed by atoms with Gasteiger partial charge in [-0.25, -0.2) is 0 Å². The van der Waals surface area contributed by atoms with Crippen molar-refractivity contribution in [3.05, 3.63) is 34.4 Å². The quantitative estimate of drug-likeness (QED) is 0.141. The lowest BCUT2D eigenvalue weighted by atomic mass is 9.87. The largest absolute Gasteiger partial charge is 0.462 e. The Balaban J connectivity index is 1.61. The molecule has 0 unspecified atom stereocenters. The van der Waals surface area contributed by atoms with Gasteiger partial charge < -0.3 is 9.47 Å². The number of unbranched alkanes of at least 4 members (excludes halogenated alkanes) is 6. The zero-order chi connectivity index (χ0) is 21.8. The molecule has 1 aromatic rings. The molecule has 1 aliphatic carbocycles.